The minimum absolute atomic E-state index is 0.0428. The van der Waals surface area contributed by atoms with Crippen molar-refractivity contribution >= 4 is 6.09 Å². The molecule has 1 aromatic rings. The molecule has 24 heavy (non-hydrogen) atoms. The van der Waals surface area contributed by atoms with Gasteiger partial charge in [-0.15, -0.1) is 0 Å². The molecule has 2 rings (SSSR count). The van der Waals surface area contributed by atoms with Gasteiger partial charge < -0.3 is 24.8 Å². The molecule has 1 aliphatic heterocycles. The molecule has 1 heterocycles. The van der Waals surface area contributed by atoms with Gasteiger partial charge in [-0.2, -0.15) is 0 Å². The molecule has 2 atom stereocenters. The molecule has 3 N–H and O–H groups in total. The highest BCUT2D eigenvalue weighted by Crippen LogP contribution is 2.40. The number of carbonyl (C=O) groups is 1. The molecule has 0 aromatic heterocycles. The molecule has 0 radical (unpaired) electrons. The van der Waals surface area contributed by atoms with Gasteiger partial charge in [0, 0.05) is 0 Å². The van der Waals surface area contributed by atoms with Crippen molar-refractivity contribution < 1.29 is 29.6 Å². The SMILES string of the molecule is CC(C)(C)OC(=O)N1[C@@H]([C@@H](O)c2c(O)cccc2O)COC1(C)C. The average Bonchev–Trinajstić information content (AvgIpc) is 2.72. The third-order valence-corrected chi connectivity index (χ3v) is 3.83. The van der Waals surface area contributed by atoms with Gasteiger partial charge in [0.15, 0.2) is 0 Å². The topological polar surface area (TPSA) is 99.5 Å². The van der Waals surface area contributed by atoms with Gasteiger partial charge in [-0.05, 0) is 46.8 Å². The van der Waals surface area contributed by atoms with E-state index in [0.717, 1.165) is 0 Å². The van der Waals surface area contributed by atoms with Crippen molar-refractivity contribution in [1.82, 2.24) is 4.90 Å². The first kappa shape index (κ1) is 18.4. The first-order chi connectivity index (χ1) is 10.9. The van der Waals surface area contributed by atoms with Crippen molar-refractivity contribution in [2.24, 2.45) is 0 Å². The minimum atomic E-state index is -1.33. The first-order valence-corrected chi connectivity index (χ1v) is 7.79. The van der Waals surface area contributed by atoms with Gasteiger partial charge >= 0.3 is 6.09 Å². The summed E-state index contributed by atoms with van der Waals surface area (Å²) in [7, 11) is 0. The van der Waals surface area contributed by atoms with Crippen LogP contribution in [0, 0.1) is 0 Å². The summed E-state index contributed by atoms with van der Waals surface area (Å²) in [6.45, 7) is 8.66. The number of aromatic hydroxyl groups is 2. The number of phenolic OH excluding ortho intramolecular Hbond substituents is 2. The molecule has 1 saturated heterocycles. The maximum absolute atomic E-state index is 12.6. The standard InChI is InChI=1S/C17H25NO6/c1-16(2,3)24-15(22)18-10(9-23-17(18,4)5)14(21)13-11(19)7-6-8-12(13)20/h6-8,10,14,19-21H,9H2,1-5H3/t10-,14-/m1/s1. The second-order valence-electron chi connectivity index (χ2n) is 7.33. The van der Waals surface area contributed by atoms with Crippen LogP contribution in [0.4, 0.5) is 4.79 Å². The van der Waals surface area contributed by atoms with Crippen LogP contribution in [0.15, 0.2) is 18.2 Å². The zero-order valence-corrected chi connectivity index (χ0v) is 14.6. The zero-order chi connectivity index (χ0) is 18.3. The van der Waals surface area contributed by atoms with Gasteiger partial charge in [0.1, 0.15) is 28.9 Å². The molecule has 1 aliphatic rings. The maximum atomic E-state index is 12.6. The highest BCUT2D eigenvalue weighted by molar-refractivity contribution is 5.70. The van der Waals surface area contributed by atoms with Crippen LogP contribution in [0.5, 0.6) is 11.5 Å². The molecule has 0 unspecified atom stereocenters. The normalized spacial score (nSPS) is 21.6. The van der Waals surface area contributed by atoms with E-state index in [9.17, 15) is 20.1 Å². The van der Waals surface area contributed by atoms with Crippen molar-refractivity contribution in [3.63, 3.8) is 0 Å². The van der Waals surface area contributed by atoms with E-state index < -0.39 is 29.6 Å². The Morgan fingerprint density at radius 2 is 1.88 bits per heavy atom. The Kier molecular flexibility index (Phi) is 4.70. The molecule has 7 heteroatoms. The fourth-order valence-electron chi connectivity index (χ4n) is 2.77. The van der Waals surface area contributed by atoms with E-state index in [2.05, 4.69) is 0 Å². The zero-order valence-electron chi connectivity index (χ0n) is 14.6. The number of hydrogen-bond donors (Lipinski definition) is 3. The highest BCUT2D eigenvalue weighted by Gasteiger charge is 2.49. The molecule has 1 fully saturated rings. The van der Waals surface area contributed by atoms with E-state index in [0.29, 0.717) is 0 Å². The number of carbonyl (C=O) groups excluding carboxylic acids is 1. The summed E-state index contributed by atoms with van der Waals surface area (Å²) in [5, 5.41) is 30.6. The van der Waals surface area contributed by atoms with E-state index in [4.69, 9.17) is 9.47 Å². The second-order valence-corrected chi connectivity index (χ2v) is 7.33. The largest absolute Gasteiger partial charge is 0.507 e. The van der Waals surface area contributed by atoms with E-state index in [1.807, 2.05) is 0 Å². The van der Waals surface area contributed by atoms with Crippen molar-refractivity contribution in [3.8, 4) is 11.5 Å². The summed E-state index contributed by atoms with van der Waals surface area (Å²) in [5.41, 5.74) is -1.74. The smallest absolute Gasteiger partial charge is 0.413 e. The molecule has 0 saturated carbocycles. The summed E-state index contributed by atoms with van der Waals surface area (Å²) in [5.74, 6) is -0.507. The summed E-state index contributed by atoms with van der Waals surface area (Å²) in [6.07, 6.45) is -1.97. The summed E-state index contributed by atoms with van der Waals surface area (Å²) >= 11 is 0. The van der Waals surface area contributed by atoms with Crippen LogP contribution in [0.2, 0.25) is 0 Å². The quantitative estimate of drug-likeness (QED) is 0.765. The van der Waals surface area contributed by atoms with E-state index in [-0.39, 0.29) is 23.7 Å². The van der Waals surface area contributed by atoms with Crippen molar-refractivity contribution in [3.05, 3.63) is 23.8 Å². The summed E-state index contributed by atoms with van der Waals surface area (Å²) in [4.78, 5) is 13.9. The molecular formula is C17H25NO6. The molecule has 0 aliphatic carbocycles. The van der Waals surface area contributed by atoms with Crippen LogP contribution in [0.1, 0.15) is 46.3 Å². The fourth-order valence-corrected chi connectivity index (χ4v) is 2.77. The Morgan fingerprint density at radius 1 is 1.33 bits per heavy atom. The van der Waals surface area contributed by atoms with Crippen LogP contribution in [-0.4, -0.2) is 50.3 Å². The fraction of sp³-hybridized carbons (Fsp3) is 0.588. The average molecular weight is 339 g/mol. The number of phenols is 2. The maximum Gasteiger partial charge on any atom is 0.413 e. The van der Waals surface area contributed by atoms with E-state index in [1.54, 1.807) is 34.6 Å². The molecule has 1 amide bonds. The third-order valence-electron chi connectivity index (χ3n) is 3.83. The van der Waals surface area contributed by atoms with Gasteiger partial charge in [-0.25, -0.2) is 4.79 Å². The number of hydrogen-bond acceptors (Lipinski definition) is 6. The van der Waals surface area contributed by atoms with Gasteiger partial charge in [-0.1, -0.05) is 6.07 Å². The number of amides is 1. The van der Waals surface area contributed by atoms with Gasteiger partial charge in [0.25, 0.3) is 0 Å². The molecule has 7 nitrogen and oxygen atoms in total. The van der Waals surface area contributed by atoms with Gasteiger partial charge in [0.05, 0.1) is 18.2 Å². The number of benzene rings is 1. The lowest BCUT2D eigenvalue weighted by Gasteiger charge is -2.36. The summed E-state index contributed by atoms with van der Waals surface area (Å²) in [6, 6.07) is 3.37. The highest BCUT2D eigenvalue weighted by atomic mass is 16.6. The Morgan fingerprint density at radius 3 is 2.38 bits per heavy atom. The Hall–Kier alpha value is -1.99. The second kappa shape index (κ2) is 6.14. The van der Waals surface area contributed by atoms with Crippen molar-refractivity contribution in [2.45, 2.75) is 58.1 Å². The van der Waals surface area contributed by atoms with E-state index in [1.165, 1.54) is 23.1 Å². The third kappa shape index (κ3) is 3.57. The molecule has 134 valence electrons. The Bertz CT molecular complexity index is 602. The van der Waals surface area contributed by atoms with Crippen molar-refractivity contribution in [2.75, 3.05) is 6.61 Å². The van der Waals surface area contributed by atoms with Gasteiger partial charge in [0.2, 0.25) is 0 Å². The number of ether oxygens (including phenoxy) is 2. The number of aliphatic hydroxyl groups excluding tert-OH is 1. The van der Waals surface area contributed by atoms with Crippen LogP contribution in [-0.2, 0) is 9.47 Å². The van der Waals surface area contributed by atoms with Crippen LogP contribution >= 0.6 is 0 Å². The lowest BCUT2D eigenvalue weighted by atomic mass is 9.99. The van der Waals surface area contributed by atoms with Crippen LogP contribution in [0.3, 0.4) is 0 Å². The van der Waals surface area contributed by atoms with Crippen LogP contribution in [0.25, 0.3) is 0 Å². The number of nitrogens with zero attached hydrogens (tertiary/aromatic N) is 1. The summed E-state index contributed by atoms with van der Waals surface area (Å²) < 4.78 is 11.0. The predicted molar refractivity (Wildman–Crippen MR) is 86.6 cm³/mol. The molecule has 0 bridgehead atoms. The first-order valence-electron chi connectivity index (χ1n) is 7.79. The Labute approximate surface area is 141 Å². The number of aliphatic hydroxyl groups is 1. The number of rotatable bonds is 2. The van der Waals surface area contributed by atoms with Crippen molar-refractivity contribution in [1.29, 1.82) is 0 Å². The van der Waals surface area contributed by atoms with E-state index >= 15 is 0 Å². The minimum Gasteiger partial charge on any atom is -0.507 e. The Balaban J connectivity index is 2.36. The van der Waals surface area contributed by atoms with Gasteiger partial charge in [-0.3, -0.25) is 4.90 Å². The molecule has 0 spiro atoms. The lowest BCUT2D eigenvalue weighted by molar-refractivity contribution is -0.0681. The molecular weight excluding hydrogens is 314 g/mol. The monoisotopic (exact) mass is 339 g/mol. The predicted octanol–water partition coefficient (Wildman–Crippen LogP) is 2.50. The molecule has 1 aromatic carbocycles. The van der Waals surface area contributed by atoms with Crippen LogP contribution < -0.4 is 0 Å². The lowest BCUT2D eigenvalue weighted by Crippen LogP contribution is -2.51.